The number of hydrogen-bond donors (Lipinski definition) is 1. The lowest BCUT2D eigenvalue weighted by Crippen LogP contribution is -2.53. The molecular weight excluding hydrogens is 629 g/mol. The topological polar surface area (TPSA) is 86.8 Å². The average Bonchev–Trinajstić information content (AvgIpc) is 3.01. The summed E-state index contributed by atoms with van der Waals surface area (Å²) in [6, 6.07) is 28.3. The molecule has 0 radical (unpaired) electrons. The molecule has 0 spiro atoms. The summed E-state index contributed by atoms with van der Waals surface area (Å²) in [5, 5.41) is 3.42. The van der Waals surface area contributed by atoms with Gasteiger partial charge in [-0.25, -0.2) is 8.42 Å². The number of benzene rings is 4. The lowest BCUT2D eigenvalue weighted by Gasteiger charge is -2.34. The van der Waals surface area contributed by atoms with Gasteiger partial charge in [-0.3, -0.25) is 13.9 Å². The van der Waals surface area contributed by atoms with Crippen molar-refractivity contribution < 1.29 is 18.0 Å². The third-order valence-corrected chi connectivity index (χ3v) is 9.53. The fraction of sp³-hybridized carbons (Fsp3) is 0.257. The van der Waals surface area contributed by atoms with Gasteiger partial charge in [0.2, 0.25) is 11.8 Å². The van der Waals surface area contributed by atoms with Gasteiger partial charge in [-0.1, -0.05) is 110 Å². The highest BCUT2D eigenvalue weighted by Crippen LogP contribution is 2.30. The van der Waals surface area contributed by atoms with Crippen molar-refractivity contribution in [2.75, 3.05) is 17.4 Å². The second kappa shape index (κ2) is 15.4. The van der Waals surface area contributed by atoms with Gasteiger partial charge in [0.1, 0.15) is 12.6 Å². The maximum atomic E-state index is 14.5. The number of anilines is 1. The van der Waals surface area contributed by atoms with E-state index in [1.807, 2.05) is 75.4 Å². The van der Waals surface area contributed by atoms with Crippen LogP contribution in [0.5, 0.6) is 0 Å². The van der Waals surface area contributed by atoms with E-state index in [-0.39, 0.29) is 45.4 Å². The van der Waals surface area contributed by atoms with Crippen LogP contribution in [-0.4, -0.2) is 44.3 Å². The lowest BCUT2D eigenvalue weighted by molar-refractivity contribution is -0.140. The Morgan fingerprint density at radius 2 is 1.40 bits per heavy atom. The predicted octanol–water partition coefficient (Wildman–Crippen LogP) is 6.91. The van der Waals surface area contributed by atoms with Gasteiger partial charge in [-0.2, -0.15) is 0 Å². The summed E-state index contributed by atoms with van der Waals surface area (Å²) >= 11 is 12.6. The SMILES string of the molecule is Cc1ccccc1CN(C(=O)CN(c1cc(Cl)cc(Cl)c1)S(=O)(=O)c1ccccc1)[C@H](Cc1ccccc1)C(=O)NCC(C)C. The van der Waals surface area contributed by atoms with Gasteiger partial charge in [0, 0.05) is 29.6 Å². The van der Waals surface area contributed by atoms with Gasteiger partial charge >= 0.3 is 0 Å². The van der Waals surface area contributed by atoms with Crippen LogP contribution in [0.25, 0.3) is 0 Å². The van der Waals surface area contributed by atoms with Crippen molar-refractivity contribution in [1.29, 1.82) is 0 Å². The van der Waals surface area contributed by atoms with Crippen LogP contribution >= 0.6 is 23.2 Å². The molecule has 0 heterocycles. The molecule has 1 atom stereocenters. The van der Waals surface area contributed by atoms with Crippen molar-refractivity contribution in [3.63, 3.8) is 0 Å². The van der Waals surface area contributed by atoms with Crippen LogP contribution in [0.1, 0.15) is 30.5 Å². The number of amides is 2. The van der Waals surface area contributed by atoms with E-state index in [2.05, 4.69) is 5.32 Å². The Hall–Kier alpha value is -3.85. The normalized spacial score (nSPS) is 12.0. The Morgan fingerprint density at radius 3 is 2.00 bits per heavy atom. The summed E-state index contributed by atoms with van der Waals surface area (Å²) in [5.74, 6) is -0.696. The molecular formula is C35H37Cl2N3O4S. The van der Waals surface area contributed by atoms with E-state index in [1.54, 1.807) is 18.2 Å². The van der Waals surface area contributed by atoms with E-state index < -0.39 is 28.5 Å². The number of halogens is 2. The quantitative estimate of drug-likeness (QED) is 0.168. The van der Waals surface area contributed by atoms with Crippen LogP contribution in [0.3, 0.4) is 0 Å². The second-order valence-corrected chi connectivity index (χ2v) is 14.0. The smallest absolute Gasteiger partial charge is 0.264 e. The molecule has 10 heteroatoms. The molecule has 7 nitrogen and oxygen atoms in total. The fourth-order valence-electron chi connectivity index (χ4n) is 4.88. The highest BCUT2D eigenvalue weighted by Gasteiger charge is 2.35. The highest BCUT2D eigenvalue weighted by molar-refractivity contribution is 7.92. The molecule has 0 aliphatic rings. The standard InChI is InChI=1S/C35H37Cl2N3O4S/c1-25(2)22-38-35(42)33(18-27-13-6-4-7-14-27)39(23-28-15-11-10-12-26(28)3)34(41)24-40(31-20-29(36)19-30(37)21-31)45(43,44)32-16-8-5-9-17-32/h4-17,19-21,25,33H,18,22-24H2,1-3H3,(H,38,42)/t33-/m1/s1. The molecule has 45 heavy (non-hydrogen) atoms. The van der Waals surface area contributed by atoms with E-state index in [0.29, 0.717) is 6.54 Å². The Labute approximate surface area is 275 Å². The molecule has 0 aliphatic heterocycles. The maximum Gasteiger partial charge on any atom is 0.264 e. The van der Waals surface area contributed by atoms with Crippen LogP contribution in [0, 0.1) is 12.8 Å². The van der Waals surface area contributed by atoms with Gasteiger partial charge in [-0.05, 0) is 59.9 Å². The van der Waals surface area contributed by atoms with Gasteiger partial charge in [-0.15, -0.1) is 0 Å². The number of rotatable bonds is 13. The molecule has 0 saturated heterocycles. The van der Waals surface area contributed by atoms with Crippen molar-refractivity contribution in [1.82, 2.24) is 10.2 Å². The first-order chi connectivity index (χ1) is 21.5. The minimum Gasteiger partial charge on any atom is -0.354 e. The first-order valence-corrected chi connectivity index (χ1v) is 16.8. The van der Waals surface area contributed by atoms with Gasteiger partial charge in [0.05, 0.1) is 10.6 Å². The number of nitrogens with one attached hydrogen (secondary N) is 1. The molecule has 0 bridgehead atoms. The molecule has 0 aromatic heterocycles. The molecule has 236 valence electrons. The second-order valence-electron chi connectivity index (χ2n) is 11.2. The number of sulfonamides is 1. The minimum absolute atomic E-state index is 0.00476. The van der Waals surface area contributed by atoms with Crippen LogP contribution in [0.4, 0.5) is 5.69 Å². The van der Waals surface area contributed by atoms with E-state index in [0.717, 1.165) is 21.0 Å². The predicted molar refractivity (Wildman–Crippen MR) is 181 cm³/mol. The van der Waals surface area contributed by atoms with Crippen LogP contribution in [-0.2, 0) is 32.6 Å². The monoisotopic (exact) mass is 665 g/mol. The molecule has 0 fully saturated rings. The minimum atomic E-state index is -4.26. The largest absolute Gasteiger partial charge is 0.354 e. The zero-order valence-corrected chi connectivity index (χ0v) is 27.8. The fourth-order valence-corrected chi connectivity index (χ4v) is 6.81. The van der Waals surface area contributed by atoms with Crippen molar-refractivity contribution in [2.45, 2.75) is 44.7 Å². The zero-order valence-electron chi connectivity index (χ0n) is 25.5. The van der Waals surface area contributed by atoms with Crippen LogP contribution in [0.15, 0.2) is 108 Å². The van der Waals surface area contributed by atoms with E-state index in [9.17, 15) is 18.0 Å². The number of carbonyl (C=O) groups excluding carboxylic acids is 2. The Balaban J connectivity index is 1.82. The lowest BCUT2D eigenvalue weighted by atomic mass is 10.0. The molecule has 4 aromatic carbocycles. The Bertz CT molecular complexity index is 1700. The molecule has 4 aromatic rings. The molecule has 1 N–H and O–H groups in total. The molecule has 4 rings (SSSR count). The third kappa shape index (κ3) is 9.10. The molecule has 0 unspecified atom stereocenters. The van der Waals surface area contributed by atoms with Crippen LogP contribution in [0.2, 0.25) is 10.0 Å². The van der Waals surface area contributed by atoms with E-state index in [1.165, 1.54) is 35.2 Å². The number of hydrogen-bond acceptors (Lipinski definition) is 4. The summed E-state index contributed by atoms with van der Waals surface area (Å²) in [6.45, 7) is 5.84. The summed E-state index contributed by atoms with van der Waals surface area (Å²) in [5.41, 5.74) is 2.76. The summed E-state index contributed by atoms with van der Waals surface area (Å²) in [4.78, 5) is 29.9. The summed E-state index contributed by atoms with van der Waals surface area (Å²) in [7, 11) is -4.26. The Kier molecular flexibility index (Phi) is 11.7. The molecule has 2 amide bonds. The zero-order chi connectivity index (χ0) is 32.6. The summed E-state index contributed by atoms with van der Waals surface area (Å²) in [6.07, 6.45) is 0.233. The summed E-state index contributed by atoms with van der Waals surface area (Å²) < 4.78 is 29.2. The maximum absolute atomic E-state index is 14.5. The number of aryl methyl sites for hydroxylation is 1. The van der Waals surface area contributed by atoms with Crippen molar-refractivity contribution in [3.8, 4) is 0 Å². The van der Waals surface area contributed by atoms with Crippen LogP contribution < -0.4 is 9.62 Å². The Morgan fingerprint density at radius 1 is 0.822 bits per heavy atom. The van der Waals surface area contributed by atoms with Crippen molar-refractivity contribution in [3.05, 3.63) is 130 Å². The van der Waals surface area contributed by atoms with Gasteiger partial charge in [0.15, 0.2) is 0 Å². The highest BCUT2D eigenvalue weighted by atomic mass is 35.5. The van der Waals surface area contributed by atoms with E-state index >= 15 is 0 Å². The molecule has 0 aliphatic carbocycles. The molecule has 0 saturated carbocycles. The van der Waals surface area contributed by atoms with Gasteiger partial charge in [0.25, 0.3) is 10.0 Å². The van der Waals surface area contributed by atoms with Crippen molar-refractivity contribution >= 4 is 50.7 Å². The van der Waals surface area contributed by atoms with Crippen molar-refractivity contribution in [2.24, 2.45) is 5.92 Å². The first-order valence-electron chi connectivity index (χ1n) is 14.6. The number of nitrogens with zero attached hydrogens (tertiary/aromatic N) is 2. The van der Waals surface area contributed by atoms with Gasteiger partial charge < -0.3 is 10.2 Å². The average molecular weight is 667 g/mol. The third-order valence-electron chi connectivity index (χ3n) is 7.30. The number of carbonyl (C=O) groups is 2. The van der Waals surface area contributed by atoms with E-state index in [4.69, 9.17) is 23.2 Å². The first kappa shape index (κ1) is 34.0.